The minimum atomic E-state index is -1.15. The lowest BCUT2D eigenvalue weighted by Crippen LogP contribution is -2.40. The maximum atomic E-state index is 14.5. The van der Waals surface area contributed by atoms with Gasteiger partial charge >= 0.3 is 0 Å². The molecule has 0 aliphatic carbocycles. The largest absolute Gasteiger partial charge is 0.382 e. The van der Waals surface area contributed by atoms with Gasteiger partial charge in [0.25, 0.3) is 0 Å². The van der Waals surface area contributed by atoms with Gasteiger partial charge in [-0.15, -0.1) is 0 Å². The first-order valence-corrected chi connectivity index (χ1v) is 12.0. The van der Waals surface area contributed by atoms with Crippen LogP contribution in [0.3, 0.4) is 0 Å². The van der Waals surface area contributed by atoms with Crippen molar-refractivity contribution in [1.82, 2.24) is 9.55 Å². The van der Waals surface area contributed by atoms with E-state index >= 15 is 0 Å². The van der Waals surface area contributed by atoms with Crippen molar-refractivity contribution < 1.29 is 8.78 Å². The summed E-state index contributed by atoms with van der Waals surface area (Å²) in [5.74, 6) is 0.349. The summed E-state index contributed by atoms with van der Waals surface area (Å²) in [5.41, 5.74) is 5.26. The van der Waals surface area contributed by atoms with Gasteiger partial charge in [0.1, 0.15) is 5.82 Å². The van der Waals surface area contributed by atoms with Crippen LogP contribution in [0.15, 0.2) is 66.7 Å². The standard InChI is InChI=1S/C28H29F2N5/c1-18-16-23(10-11-24(18)27(31)20-6-5-7-21(30)17-20)32-22-12-14-34(15-13-22)28-33-25-8-3-4-9-26(25)35(28)19(2)29/h3-11,16-17,19,22,31-32H,12-15H2,1-2H3. The molecule has 3 aromatic carbocycles. The van der Waals surface area contributed by atoms with E-state index < -0.39 is 6.30 Å². The lowest BCUT2D eigenvalue weighted by atomic mass is 9.97. The molecule has 0 amide bonds. The smallest absolute Gasteiger partial charge is 0.208 e. The zero-order valence-corrected chi connectivity index (χ0v) is 19.9. The molecule has 1 aliphatic rings. The number of aromatic nitrogens is 2. The van der Waals surface area contributed by atoms with Gasteiger partial charge in [0.15, 0.2) is 6.30 Å². The second-order valence-corrected chi connectivity index (χ2v) is 9.17. The van der Waals surface area contributed by atoms with Crippen LogP contribution >= 0.6 is 0 Å². The van der Waals surface area contributed by atoms with Crippen LogP contribution in [-0.4, -0.2) is 34.4 Å². The summed E-state index contributed by atoms with van der Waals surface area (Å²) in [6.45, 7) is 5.09. The topological polar surface area (TPSA) is 56.9 Å². The summed E-state index contributed by atoms with van der Waals surface area (Å²) >= 11 is 0. The van der Waals surface area contributed by atoms with Crippen molar-refractivity contribution in [2.75, 3.05) is 23.3 Å². The Bertz CT molecular complexity index is 1370. The molecular weight excluding hydrogens is 444 g/mol. The predicted octanol–water partition coefficient (Wildman–Crippen LogP) is 6.47. The summed E-state index contributed by atoms with van der Waals surface area (Å²) in [5, 5.41) is 12.1. The minimum absolute atomic E-state index is 0.291. The summed E-state index contributed by atoms with van der Waals surface area (Å²) in [7, 11) is 0. The highest BCUT2D eigenvalue weighted by atomic mass is 19.1. The number of imidazole rings is 1. The van der Waals surface area contributed by atoms with E-state index in [4.69, 9.17) is 10.4 Å². The fourth-order valence-corrected chi connectivity index (χ4v) is 4.90. The summed E-state index contributed by atoms with van der Waals surface area (Å²) < 4.78 is 29.7. The molecule has 5 nitrogen and oxygen atoms in total. The van der Waals surface area contributed by atoms with Crippen LogP contribution in [0.25, 0.3) is 11.0 Å². The fraction of sp³-hybridized carbons (Fsp3) is 0.286. The van der Waals surface area contributed by atoms with Gasteiger partial charge in [0.2, 0.25) is 5.95 Å². The predicted molar refractivity (Wildman–Crippen MR) is 138 cm³/mol. The number of aryl methyl sites for hydroxylation is 1. The Kier molecular flexibility index (Phi) is 6.24. The van der Waals surface area contributed by atoms with Crippen molar-refractivity contribution in [3.8, 4) is 0 Å². The Morgan fingerprint density at radius 1 is 1.06 bits per heavy atom. The normalized spacial score (nSPS) is 15.4. The van der Waals surface area contributed by atoms with Crippen molar-refractivity contribution in [3.05, 3.63) is 89.2 Å². The fourth-order valence-electron chi connectivity index (χ4n) is 4.90. The monoisotopic (exact) mass is 473 g/mol. The van der Waals surface area contributed by atoms with E-state index in [1.807, 2.05) is 49.4 Å². The van der Waals surface area contributed by atoms with E-state index in [0.29, 0.717) is 23.3 Å². The zero-order chi connectivity index (χ0) is 24.5. The molecule has 1 saturated heterocycles. The number of fused-ring (bicyclic) bond motifs is 1. The van der Waals surface area contributed by atoms with Gasteiger partial charge in [-0.1, -0.05) is 30.3 Å². The van der Waals surface area contributed by atoms with E-state index in [2.05, 4.69) is 10.2 Å². The number of alkyl halides is 1. The van der Waals surface area contributed by atoms with Crippen molar-refractivity contribution in [2.24, 2.45) is 0 Å². The quantitative estimate of drug-likeness (QED) is 0.316. The number of halogens is 2. The van der Waals surface area contributed by atoms with E-state index in [-0.39, 0.29) is 5.82 Å². The average Bonchev–Trinajstić information content (AvgIpc) is 3.24. The number of para-hydroxylation sites is 2. The van der Waals surface area contributed by atoms with Gasteiger partial charge in [0.05, 0.1) is 16.7 Å². The first kappa shape index (κ1) is 23.0. The van der Waals surface area contributed by atoms with Crippen molar-refractivity contribution in [1.29, 1.82) is 5.41 Å². The van der Waals surface area contributed by atoms with Crippen LogP contribution in [0.2, 0.25) is 0 Å². The van der Waals surface area contributed by atoms with Crippen molar-refractivity contribution >= 4 is 28.4 Å². The number of benzene rings is 3. The Morgan fingerprint density at radius 3 is 2.54 bits per heavy atom. The Labute approximate surface area is 203 Å². The molecule has 2 N–H and O–H groups in total. The van der Waals surface area contributed by atoms with Gasteiger partial charge in [-0.05, 0) is 68.7 Å². The molecule has 1 fully saturated rings. The molecule has 1 atom stereocenters. The summed E-state index contributed by atoms with van der Waals surface area (Å²) in [6.07, 6.45) is 0.661. The van der Waals surface area contributed by atoms with Crippen LogP contribution in [0.5, 0.6) is 0 Å². The Balaban J connectivity index is 1.26. The molecule has 0 radical (unpaired) electrons. The summed E-state index contributed by atoms with van der Waals surface area (Å²) in [6, 6.07) is 20.1. The number of hydrogen-bond acceptors (Lipinski definition) is 4. The highest BCUT2D eigenvalue weighted by molar-refractivity contribution is 6.11. The lowest BCUT2D eigenvalue weighted by Gasteiger charge is -2.34. The molecule has 7 heteroatoms. The molecule has 2 heterocycles. The highest BCUT2D eigenvalue weighted by Crippen LogP contribution is 2.30. The van der Waals surface area contributed by atoms with Crippen LogP contribution in [0.4, 0.5) is 20.4 Å². The van der Waals surface area contributed by atoms with E-state index in [9.17, 15) is 8.78 Å². The van der Waals surface area contributed by atoms with Crippen LogP contribution < -0.4 is 10.2 Å². The molecular formula is C28H29F2N5. The Morgan fingerprint density at radius 2 is 1.83 bits per heavy atom. The number of nitrogens with zero attached hydrogens (tertiary/aromatic N) is 3. The summed E-state index contributed by atoms with van der Waals surface area (Å²) in [4.78, 5) is 6.89. The maximum Gasteiger partial charge on any atom is 0.208 e. The van der Waals surface area contributed by atoms with Gasteiger partial charge in [-0.3, -0.25) is 9.98 Å². The van der Waals surface area contributed by atoms with E-state index in [1.165, 1.54) is 12.1 Å². The molecule has 1 unspecified atom stereocenters. The average molecular weight is 474 g/mol. The molecule has 0 bridgehead atoms. The minimum Gasteiger partial charge on any atom is -0.382 e. The van der Waals surface area contributed by atoms with Gasteiger partial charge < -0.3 is 10.2 Å². The lowest BCUT2D eigenvalue weighted by molar-refractivity contribution is 0.274. The molecule has 1 aromatic heterocycles. The number of nitrogens with one attached hydrogen (secondary N) is 2. The van der Waals surface area contributed by atoms with Crippen LogP contribution in [-0.2, 0) is 0 Å². The van der Waals surface area contributed by atoms with Gasteiger partial charge in [0, 0.05) is 35.9 Å². The molecule has 4 aromatic rings. The first-order valence-electron chi connectivity index (χ1n) is 12.0. The number of rotatable bonds is 6. The number of piperidine rings is 1. The van der Waals surface area contributed by atoms with Crippen LogP contribution in [0, 0.1) is 18.2 Å². The highest BCUT2D eigenvalue weighted by Gasteiger charge is 2.25. The molecule has 0 saturated carbocycles. The molecule has 35 heavy (non-hydrogen) atoms. The first-order chi connectivity index (χ1) is 16.9. The maximum absolute atomic E-state index is 14.5. The second-order valence-electron chi connectivity index (χ2n) is 9.17. The van der Waals surface area contributed by atoms with Gasteiger partial charge in [-0.2, -0.15) is 0 Å². The second kappa shape index (κ2) is 9.49. The molecule has 1 aliphatic heterocycles. The third kappa shape index (κ3) is 4.63. The molecule has 5 rings (SSSR count). The van der Waals surface area contributed by atoms with Crippen molar-refractivity contribution in [2.45, 2.75) is 39.0 Å². The molecule has 0 spiro atoms. The van der Waals surface area contributed by atoms with E-state index in [0.717, 1.165) is 53.8 Å². The molecule has 180 valence electrons. The van der Waals surface area contributed by atoms with Gasteiger partial charge in [-0.25, -0.2) is 13.8 Å². The van der Waals surface area contributed by atoms with Crippen LogP contribution in [0.1, 0.15) is 42.8 Å². The third-order valence-electron chi connectivity index (χ3n) is 6.69. The Hall–Kier alpha value is -3.74. The van der Waals surface area contributed by atoms with E-state index in [1.54, 1.807) is 23.6 Å². The number of hydrogen-bond donors (Lipinski definition) is 2. The van der Waals surface area contributed by atoms with Crippen molar-refractivity contribution in [3.63, 3.8) is 0 Å². The SMILES string of the molecule is Cc1cc(NC2CCN(c3nc4ccccc4n3C(C)F)CC2)ccc1C(=N)c1cccc(F)c1. The zero-order valence-electron chi connectivity index (χ0n) is 19.9. The number of anilines is 2. The third-order valence-corrected chi connectivity index (χ3v) is 6.69.